The van der Waals surface area contributed by atoms with E-state index in [0.717, 1.165) is 16.1 Å². The number of halogens is 2. The number of fused-ring (bicyclic) bond motifs is 1. The van der Waals surface area contributed by atoms with Crippen molar-refractivity contribution < 1.29 is 12.8 Å². The summed E-state index contributed by atoms with van der Waals surface area (Å²) in [5, 5.41) is 13.6. The fraction of sp³-hybridized carbons (Fsp3) is 0.222. The second-order valence-corrected chi connectivity index (χ2v) is 9.97. The molecule has 0 aliphatic carbocycles. The second kappa shape index (κ2) is 7.30. The van der Waals surface area contributed by atoms with Crippen molar-refractivity contribution in [3.05, 3.63) is 52.6 Å². The lowest BCUT2D eigenvalue weighted by molar-refractivity contribution is 0.544. The van der Waals surface area contributed by atoms with Crippen LogP contribution >= 0.6 is 15.9 Å². The number of amidine groups is 1. The van der Waals surface area contributed by atoms with E-state index in [0.29, 0.717) is 11.3 Å². The highest BCUT2D eigenvalue weighted by Gasteiger charge is 2.36. The molecule has 3 aromatic heterocycles. The molecule has 0 radical (unpaired) electrons. The van der Waals surface area contributed by atoms with Gasteiger partial charge < -0.3 is 10.6 Å². The summed E-state index contributed by atoms with van der Waals surface area (Å²) in [6.45, 7) is 1.44. The monoisotopic (exact) mass is 478 g/mol. The molecule has 3 aromatic rings. The summed E-state index contributed by atoms with van der Waals surface area (Å²) in [5.41, 5.74) is 0.719. The topological polar surface area (TPSA) is 121 Å². The van der Waals surface area contributed by atoms with Gasteiger partial charge in [-0.25, -0.2) is 22.8 Å². The SMILES string of the molecule is C[C@H]1C(=N)N[C@H](c2cc(Nc3nccc4cc(Br)cnc34)ncc2F)CS1(=O)=O. The van der Waals surface area contributed by atoms with Crippen LogP contribution in [0.4, 0.5) is 16.0 Å². The van der Waals surface area contributed by atoms with Crippen molar-refractivity contribution in [2.24, 2.45) is 0 Å². The lowest BCUT2D eigenvalue weighted by atomic mass is 10.1. The Bertz CT molecular complexity index is 1240. The van der Waals surface area contributed by atoms with Crippen molar-refractivity contribution in [1.29, 1.82) is 5.41 Å². The van der Waals surface area contributed by atoms with Gasteiger partial charge in [-0.2, -0.15) is 0 Å². The third-order valence-electron chi connectivity index (χ3n) is 4.75. The maximum atomic E-state index is 14.4. The van der Waals surface area contributed by atoms with E-state index in [9.17, 15) is 12.8 Å². The van der Waals surface area contributed by atoms with Crippen LogP contribution in [0.2, 0.25) is 0 Å². The van der Waals surface area contributed by atoms with Crippen molar-refractivity contribution in [3.8, 4) is 0 Å². The van der Waals surface area contributed by atoms with Crippen LogP contribution in [-0.2, 0) is 9.84 Å². The van der Waals surface area contributed by atoms with Crippen LogP contribution in [0.15, 0.2) is 41.3 Å². The number of hydrogen-bond acceptors (Lipinski definition) is 7. The van der Waals surface area contributed by atoms with Crippen LogP contribution in [0, 0.1) is 11.2 Å². The van der Waals surface area contributed by atoms with Crippen molar-refractivity contribution in [2.45, 2.75) is 18.2 Å². The number of pyridine rings is 3. The Morgan fingerprint density at radius 1 is 1.28 bits per heavy atom. The molecule has 2 atom stereocenters. The summed E-state index contributed by atoms with van der Waals surface area (Å²) in [6.07, 6.45) is 4.27. The Kier molecular flexibility index (Phi) is 4.95. The first-order valence-electron chi connectivity index (χ1n) is 8.64. The van der Waals surface area contributed by atoms with Gasteiger partial charge in [0.1, 0.15) is 28.2 Å². The number of rotatable bonds is 3. The summed E-state index contributed by atoms with van der Waals surface area (Å²) in [6, 6.07) is 4.25. The van der Waals surface area contributed by atoms with Crippen LogP contribution < -0.4 is 10.6 Å². The molecule has 1 aliphatic heterocycles. The molecular formula is C18H16BrFN6O2S. The van der Waals surface area contributed by atoms with E-state index in [4.69, 9.17) is 5.41 Å². The first kappa shape index (κ1) is 19.6. The van der Waals surface area contributed by atoms with Gasteiger partial charge in [-0.05, 0) is 41.1 Å². The highest BCUT2D eigenvalue weighted by molar-refractivity contribution is 9.10. The number of anilines is 2. The van der Waals surface area contributed by atoms with E-state index in [1.165, 1.54) is 13.0 Å². The Morgan fingerprint density at radius 2 is 2.07 bits per heavy atom. The number of nitrogens with one attached hydrogen (secondary N) is 3. The molecular weight excluding hydrogens is 463 g/mol. The van der Waals surface area contributed by atoms with Gasteiger partial charge in [0.25, 0.3) is 0 Å². The molecule has 11 heteroatoms. The van der Waals surface area contributed by atoms with Crippen molar-refractivity contribution in [3.63, 3.8) is 0 Å². The molecule has 1 saturated heterocycles. The Morgan fingerprint density at radius 3 is 2.83 bits per heavy atom. The Labute approximate surface area is 174 Å². The molecule has 1 aliphatic rings. The lowest BCUT2D eigenvalue weighted by Crippen LogP contribution is -2.49. The summed E-state index contributed by atoms with van der Waals surface area (Å²) < 4.78 is 39.8. The van der Waals surface area contributed by atoms with Crippen LogP contribution in [0.3, 0.4) is 0 Å². The van der Waals surface area contributed by atoms with E-state index in [1.807, 2.05) is 12.1 Å². The van der Waals surface area contributed by atoms with Gasteiger partial charge in [0.05, 0.1) is 18.0 Å². The molecule has 0 amide bonds. The Balaban J connectivity index is 1.69. The lowest BCUT2D eigenvalue weighted by Gasteiger charge is -2.30. The summed E-state index contributed by atoms with van der Waals surface area (Å²) >= 11 is 3.37. The fourth-order valence-electron chi connectivity index (χ4n) is 3.11. The molecule has 0 unspecified atom stereocenters. The predicted octanol–water partition coefficient (Wildman–Crippen LogP) is 3.09. The third kappa shape index (κ3) is 3.79. The van der Waals surface area contributed by atoms with E-state index in [2.05, 4.69) is 41.5 Å². The van der Waals surface area contributed by atoms with Gasteiger partial charge in [0, 0.05) is 27.8 Å². The van der Waals surface area contributed by atoms with E-state index in [-0.39, 0.29) is 23.0 Å². The minimum absolute atomic E-state index is 0.110. The molecule has 8 nitrogen and oxygen atoms in total. The van der Waals surface area contributed by atoms with Crippen LogP contribution in [0.1, 0.15) is 18.5 Å². The number of nitrogens with zero attached hydrogens (tertiary/aromatic N) is 3. The maximum Gasteiger partial charge on any atom is 0.162 e. The zero-order valence-electron chi connectivity index (χ0n) is 15.1. The summed E-state index contributed by atoms with van der Waals surface area (Å²) in [4.78, 5) is 12.7. The molecule has 4 rings (SSSR count). The molecule has 0 spiro atoms. The molecule has 1 fully saturated rings. The van der Waals surface area contributed by atoms with Crippen LogP contribution in [-0.4, -0.2) is 40.2 Å². The van der Waals surface area contributed by atoms with E-state index < -0.39 is 26.9 Å². The quantitative estimate of drug-likeness (QED) is 0.528. The van der Waals surface area contributed by atoms with Gasteiger partial charge >= 0.3 is 0 Å². The average molecular weight is 479 g/mol. The van der Waals surface area contributed by atoms with E-state index in [1.54, 1.807) is 12.4 Å². The first-order valence-corrected chi connectivity index (χ1v) is 11.1. The fourth-order valence-corrected chi connectivity index (χ4v) is 4.90. The van der Waals surface area contributed by atoms with E-state index >= 15 is 0 Å². The Hall–Kier alpha value is -2.66. The highest BCUT2D eigenvalue weighted by Crippen LogP contribution is 2.28. The average Bonchev–Trinajstić information content (AvgIpc) is 2.67. The van der Waals surface area contributed by atoms with Crippen molar-refractivity contribution >= 4 is 54.1 Å². The summed E-state index contributed by atoms with van der Waals surface area (Å²) in [5.74, 6) is -0.393. The number of sulfone groups is 1. The molecule has 4 heterocycles. The van der Waals surface area contributed by atoms with Crippen LogP contribution in [0.5, 0.6) is 0 Å². The minimum Gasteiger partial charge on any atom is -0.365 e. The van der Waals surface area contributed by atoms with Gasteiger partial charge in [0.2, 0.25) is 0 Å². The van der Waals surface area contributed by atoms with Gasteiger partial charge in [-0.1, -0.05) is 0 Å². The van der Waals surface area contributed by atoms with Gasteiger partial charge in [-0.15, -0.1) is 0 Å². The first-order chi connectivity index (χ1) is 13.7. The van der Waals surface area contributed by atoms with Crippen molar-refractivity contribution in [2.75, 3.05) is 11.1 Å². The zero-order valence-corrected chi connectivity index (χ0v) is 17.6. The summed E-state index contributed by atoms with van der Waals surface area (Å²) in [7, 11) is -3.55. The molecule has 150 valence electrons. The third-order valence-corrected chi connectivity index (χ3v) is 7.29. The minimum atomic E-state index is -3.55. The smallest absolute Gasteiger partial charge is 0.162 e. The van der Waals surface area contributed by atoms with Crippen molar-refractivity contribution in [1.82, 2.24) is 20.3 Å². The van der Waals surface area contributed by atoms with Gasteiger partial charge in [0.15, 0.2) is 15.7 Å². The van der Waals surface area contributed by atoms with Crippen LogP contribution in [0.25, 0.3) is 10.9 Å². The zero-order chi connectivity index (χ0) is 20.8. The molecule has 0 bridgehead atoms. The second-order valence-electron chi connectivity index (χ2n) is 6.68. The normalized spacial score (nSPS) is 21.0. The molecule has 0 aromatic carbocycles. The molecule has 29 heavy (non-hydrogen) atoms. The maximum absolute atomic E-state index is 14.4. The highest BCUT2D eigenvalue weighted by atomic mass is 79.9. The standard InChI is InChI=1S/C18H16BrFN6O2S/c1-9-17(21)25-14(8-29(9,27)28)12-5-15(23-7-13(12)20)26-18-16-10(2-3-22-18)4-11(19)6-24-16/h2-7,9,14H,8H2,1H3,(H2,21,25)(H,22,23,26)/t9-,14-/m0/s1. The largest absolute Gasteiger partial charge is 0.365 e. The number of aromatic nitrogens is 3. The molecule has 0 saturated carbocycles. The number of hydrogen-bond donors (Lipinski definition) is 3. The van der Waals surface area contributed by atoms with Gasteiger partial charge in [-0.3, -0.25) is 10.4 Å². The predicted molar refractivity (Wildman–Crippen MR) is 112 cm³/mol. The molecule has 3 N–H and O–H groups in total.